The third kappa shape index (κ3) is 10.3. The Balaban J connectivity index is 2.53. The van der Waals surface area contributed by atoms with Crippen LogP contribution in [0.25, 0.3) is 0 Å². The number of guanidine groups is 1. The van der Waals surface area contributed by atoms with Gasteiger partial charge in [-0.25, -0.2) is 4.99 Å². The van der Waals surface area contributed by atoms with Crippen molar-refractivity contribution in [1.29, 1.82) is 0 Å². The number of unbranched alkanes of at least 4 members (excludes halogenated alkanes) is 2. The molecular weight excluding hydrogens is 363 g/mol. The van der Waals surface area contributed by atoms with Crippen molar-refractivity contribution in [2.75, 3.05) is 20.2 Å². The zero-order chi connectivity index (χ0) is 20.1. The Hall–Kier alpha value is -2.45. The van der Waals surface area contributed by atoms with Gasteiger partial charge in [0.05, 0.1) is 13.7 Å². The standard InChI is InChI=1S/C18H26F3N3O3/c1-3-22-17(23-12-8-4-5-11-16(25)26-2)24-13-14-9-6-7-10-15(14)27-18(19,20)21/h6-7,9-10H,3-5,8,11-13H2,1-2H3,(H2,22,23,24). The van der Waals surface area contributed by atoms with Gasteiger partial charge in [-0.3, -0.25) is 4.79 Å². The minimum Gasteiger partial charge on any atom is -0.469 e. The molecule has 0 spiro atoms. The Morgan fingerprint density at radius 3 is 2.56 bits per heavy atom. The van der Waals surface area contributed by atoms with Crippen LogP contribution in [0, 0.1) is 0 Å². The first kappa shape index (κ1) is 22.6. The molecule has 0 saturated carbocycles. The molecule has 0 fully saturated rings. The van der Waals surface area contributed by atoms with Gasteiger partial charge in [0.1, 0.15) is 5.75 Å². The van der Waals surface area contributed by atoms with E-state index in [2.05, 4.69) is 25.1 Å². The number of carbonyl (C=O) groups excluding carboxylic acids is 1. The summed E-state index contributed by atoms with van der Waals surface area (Å²) in [6, 6.07) is 5.92. The third-order valence-electron chi connectivity index (χ3n) is 3.53. The molecule has 0 aromatic heterocycles. The van der Waals surface area contributed by atoms with E-state index in [1.165, 1.54) is 19.2 Å². The van der Waals surface area contributed by atoms with Gasteiger partial charge in [-0.1, -0.05) is 24.6 Å². The highest BCUT2D eigenvalue weighted by Crippen LogP contribution is 2.26. The van der Waals surface area contributed by atoms with Gasteiger partial charge in [0.25, 0.3) is 0 Å². The number of methoxy groups -OCH3 is 1. The van der Waals surface area contributed by atoms with E-state index >= 15 is 0 Å². The normalized spacial score (nSPS) is 11.8. The molecule has 9 heteroatoms. The molecule has 1 rings (SSSR count). The van der Waals surface area contributed by atoms with Crippen molar-refractivity contribution in [2.24, 2.45) is 4.99 Å². The molecule has 0 unspecified atom stereocenters. The fourth-order valence-corrected chi connectivity index (χ4v) is 2.24. The van der Waals surface area contributed by atoms with E-state index in [0.29, 0.717) is 31.0 Å². The molecule has 0 radical (unpaired) electrons. The number of alkyl halides is 3. The maximum absolute atomic E-state index is 12.5. The molecule has 0 bridgehead atoms. The lowest BCUT2D eigenvalue weighted by atomic mass is 10.2. The summed E-state index contributed by atoms with van der Waals surface area (Å²) in [6.07, 6.45) is -1.93. The maximum atomic E-state index is 12.5. The fourth-order valence-electron chi connectivity index (χ4n) is 2.24. The zero-order valence-corrected chi connectivity index (χ0v) is 15.6. The SMILES string of the molecule is CCNC(=NCc1ccccc1OC(F)(F)F)NCCCCCC(=O)OC. The molecule has 0 heterocycles. The van der Waals surface area contributed by atoms with Gasteiger partial charge in [0.15, 0.2) is 5.96 Å². The third-order valence-corrected chi connectivity index (χ3v) is 3.53. The Kier molecular flexibility index (Phi) is 10.1. The summed E-state index contributed by atoms with van der Waals surface area (Å²) in [7, 11) is 1.36. The van der Waals surface area contributed by atoms with Crippen LogP contribution >= 0.6 is 0 Å². The van der Waals surface area contributed by atoms with Crippen molar-refractivity contribution < 1.29 is 27.4 Å². The van der Waals surface area contributed by atoms with Crippen LogP contribution in [0.2, 0.25) is 0 Å². The van der Waals surface area contributed by atoms with Crippen LogP contribution in [0.15, 0.2) is 29.3 Å². The molecular formula is C18H26F3N3O3. The van der Waals surface area contributed by atoms with Crippen LogP contribution in [0.3, 0.4) is 0 Å². The monoisotopic (exact) mass is 389 g/mol. The number of carbonyl (C=O) groups is 1. The number of hydrogen-bond donors (Lipinski definition) is 2. The minimum absolute atomic E-state index is 0.0456. The van der Waals surface area contributed by atoms with E-state index in [1.54, 1.807) is 12.1 Å². The average molecular weight is 389 g/mol. The molecule has 0 aliphatic heterocycles. The summed E-state index contributed by atoms with van der Waals surface area (Å²) in [5.74, 6) is 0.0253. The molecule has 1 aromatic carbocycles. The molecule has 0 atom stereocenters. The fraction of sp³-hybridized carbons (Fsp3) is 0.556. The van der Waals surface area contributed by atoms with E-state index in [0.717, 1.165) is 19.3 Å². The highest BCUT2D eigenvalue weighted by atomic mass is 19.4. The number of para-hydroxylation sites is 1. The van der Waals surface area contributed by atoms with Crippen molar-refractivity contribution in [1.82, 2.24) is 10.6 Å². The van der Waals surface area contributed by atoms with Gasteiger partial charge in [0, 0.05) is 25.1 Å². The average Bonchev–Trinajstić information content (AvgIpc) is 2.61. The number of halogens is 3. The second-order valence-electron chi connectivity index (χ2n) is 5.66. The zero-order valence-electron chi connectivity index (χ0n) is 15.6. The van der Waals surface area contributed by atoms with E-state index < -0.39 is 6.36 Å². The predicted molar refractivity (Wildman–Crippen MR) is 96.4 cm³/mol. The maximum Gasteiger partial charge on any atom is 0.573 e. The molecule has 6 nitrogen and oxygen atoms in total. The number of aliphatic imine (C=N–C) groups is 1. The van der Waals surface area contributed by atoms with Crippen molar-refractivity contribution in [3.05, 3.63) is 29.8 Å². The quantitative estimate of drug-likeness (QED) is 0.278. The van der Waals surface area contributed by atoms with E-state index in [1.807, 2.05) is 6.92 Å². The summed E-state index contributed by atoms with van der Waals surface area (Å²) in [6.45, 7) is 3.20. The van der Waals surface area contributed by atoms with Crippen LogP contribution in [0.5, 0.6) is 5.75 Å². The number of esters is 1. The van der Waals surface area contributed by atoms with Crippen LogP contribution in [0.4, 0.5) is 13.2 Å². The Bertz CT molecular complexity index is 607. The summed E-state index contributed by atoms with van der Waals surface area (Å²) in [5.41, 5.74) is 0.338. The van der Waals surface area contributed by atoms with Crippen LogP contribution in [-0.4, -0.2) is 38.5 Å². The van der Waals surface area contributed by atoms with Gasteiger partial charge < -0.3 is 20.1 Å². The van der Waals surface area contributed by atoms with Gasteiger partial charge in [-0.2, -0.15) is 0 Å². The highest BCUT2D eigenvalue weighted by molar-refractivity contribution is 5.79. The van der Waals surface area contributed by atoms with Crippen molar-refractivity contribution in [3.8, 4) is 5.75 Å². The minimum atomic E-state index is -4.74. The molecule has 0 saturated heterocycles. The Morgan fingerprint density at radius 1 is 1.15 bits per heavy atom. The second-order valence-corrected chi connectivity index (χ2v) is 5.66. The molecule has 0 aliphatic carbocycles. The van der Waals surface area contributed by atoms with Crippen LogP contribution in [0.1, 0.15) is 38.2 Å². The molecule has 1 aromatic rings. The molecule has 0 amide bonds. The van der Waals surface area contributed by atoms with Crippen molar-refractivity contribution in [3.63, 3.8) is 0 Å². The topological polar surface area (TPSA) is 72.0 Å². The summed E-state index contributed by atoms with van der Waals surface area (Å²) < 4.78 is 46.0. The number of nitrogens with zero attached hydrogens (tertiary/aromatic N) is 1. The van der Waals surface area contributed by atoms with E-state index in [4.69, 9.17) is 0 Å². The first-order valence-corrected chi connectivity index (χ1v) is 8.78. The lowest BCUT2D eigenvalue weighted by Crippen LogP contribution is -2.37. The van der Waals surface area contributed by atoms with Gasteiger partial charge in [-0.15, -0.1) is 13.2 Å². The van der Waals surface area contributed by atoms with Crippen LogP contribution < -0.4 is 15.4 Å². The van der Waals surface area contributed by atoms with E-state index in [9.17, 15) is 18.0 Å². The number of benzene rings is 1. The number of hydrogen-bond acceptors (Lipinski definition) is 4. The largest absolute Gasteiger partial charge is 0.573 e. The van der Waals surface area contributed by atoms with E-state index in [-0.39, 0.29) is 18.3 Å². The summed E-state index contributed by atoms with van der Waals surface area (Å²) in [4.78, 5) is 15.3. The van der Waals surface area contributed by atoms with Gasteiger partial charge in [0.2, 0.25) is 0 Å². The lowest BCUT2D eigenvalue weighted by molar-refractivity contribution is -0.274. The van der Waals surface area contributed by atoms with Gasteiger partial charge in [-0.05, 0) is 25.8 Å². The lowest BCUT2D eigenvalue weighted by Gasteiger charge is -2.14. The number of nitrogens with one attached hydrogen (secondary N) is 2. The highest BCUT2D eigenvalue weighted by Gasteiger charge is 2.31. The second kappa shape index (κ2) is 12.0. The molecule has 27 heavy (non-hydrogen) atoms. The Labute approximate surface area is 157 Å². The predicted octanol–water partition coefficient (Wildman–Crippen LogP) is 3.37. The van der Waals surface area contributed by atoms with Crippen LogP contribution in [-0.2, 0) is 16.1 Å². The number of rotatable bonds is 10. The smallest absolute Gasteiger partial charge is 0.469 e. The number of ether oxygens (including phenoxy) is 2. The van der Waals surface area contributed by atoms with Crippen molar-refractivity contribution >= 4 is 11.9 Å². The molecule has 152 valence electrons. The molecule has 2 N–H and O–H groups in total. The Morgan fingerprint density at radius 2 is 1.89 bits per heavy atom. The first-order valence-electron chi connectivity index (χ1n) is 8.78. The van der Waals surface area contributed by atoms with Crippen molar-refractivity contribution in [2.45, 2.75) is 45.5 Å². The first-order chi connectivity index (χ1) is 12.9. The summed E-state index contributed by atoms with van der Waals surface area (Å²) >= 11 is 0. The molecule has 0 aliphatic rings. The summed E-state index contributed by atoms with van der Waals surface area (Å²) in [5, 5.41) is 6.16. The van der Waals surface area contributed by atoms with Gasteiger partial charge >= 0.3 is 12.3 Å².